The van der Waals surface area contributed by atoms with Crippen molar-refractivity contribution in [1.29, 1.82) is 0 Å². The number of carbonyl (C=O) groups is 2. The second-order valence-electron chi connectivity index (χ2n) is 9.84. The molecule has 2 heterocycles. The second-order valence-corrected chi connectivity index (χ2v) is 11.5. The van der Waals surface area contributed by atoms with Gasteiger partial charge >= 0.3 is 0 Å². The van der Waals surface area contributed by atoms with Crippen LogP contribution in [0.2, 0.25) is 0 Å². The first-order valence-corrected chi connectivity index (χ1v) is 13.6. The Labute approximate surface area is 219 Å². The molecular weight excluding hydrogens is 512 g/mol. The highest BCUT2D eigenvalue weighted by molar-refractivity contribution is 7.89. The Hall–Kier alpha value is -3.58. The van der Waals surface area contributed by atoms with Crippen LogP contribution in [0.15, 0.2) is 59.5 Å². The van der Waals surface area contributed by atoms with Gasteiger partial charge in [0.05, 0.1) is 29.6 Å². The number of sulfonamides is 1. The topological polar surface area (TPSA) is 158 Å². The van der Waals surface area contributed by atoms with Gasteiger partial charge in [0, 0.05) is 22.6 Å². The van der Waals surface area contributed by atoms with Gasteiger partial charge in [0.25, 0.3) is 5.91 Å². The standard InChI is InChI=1S/C26H28N4O7S/c1-16-10-18(22-4-2-3-5-23(22)27-16)13-37-20-6-8-21(9-7-20)38(35,36)29-26(25(33)28-34)14-30(15-26)24(32)17-11-19(31)12-17/h2-10,17,19,29,31,34H,11-15H2,1H3,(H,28,33)/t17-,19-. The number of aryl methyl sites for hydroxylation is 1. The van der Waals surface area contributed by atoms with E-state index in [4.69, 9.17) is 4.74 Å². The van der Waals surface area contributed by atoms with E-state index in [1.54, 1.807) is 0 Å². The lowest BCUT2D eigenvalue weighted by Gasteiger charge is -2.50. The molecular formula is C26H28N4O7S. The molecule has 11 nitrogen and oxygen atoms in total. The van der Waals surface area contributed by atoms with Gasteiger partial charge in [-0.05, 0) is 56.2 Å². The van der Waals surface area contributed by atoms with E-state index in [1.165, 1.54) is 34.6 Å². The van der Waals surface area contributed by atoms with E-state index < -0.39 is 27.6 Å². The van der Waals surface area contributed by atoms with Gasteiger partial charge in [-0.1, -0.05) is 18.2 Å². The minimum Gasteiger partial charge on any atom is -0.489 e. The number of hydrogen-bond acceptors (Lipinski definition) is 8. The number of amides is 2. The molecule has 2 fully saturated rings. The van der Waals surface area contributed by atoms with Gasteiger partial charge in [0.2, 0.25) is 15.9 Å². The van der Waals surface area contributed by atoms with Crippen molar-refractivity contribution in [1.82, 2.24) is 20.1 Å². The number of carbonyl (C=O) groups excluding carboxylic acids is 2. The van der Waals surface area contributed by atoms with Crippen LogP contribution in [-0.4, -0.2) is 65.2 Å². The molecule has 0 atom stereocenters. The molecule has 200 valence electrons. The third-order valence-electron chi connectivity index (χ3n) is 7.02. The van der Waals surface area contributed by atoms with Crippen LogP contribution in [0.1, 0.15) is 24.1 Å². The molecule has 4 N–H and O–H groups in total. The predicted molar refractivity (Wildman–Crippen MR) is 136 cm³/mol. The molecule has 1 aliphatic carbocycles. The molecule has 2 aliphatic rings. The first kappa shape index (κ1) is 26.0. The molecule has 1 aromatic heterocycles. The molecule has 12 heteroatoms. The number of ether oxygens (including phenoxy) is 1. The molecule has 0 spiro atoms. The average molecular weight is 541 g/mol. The molecule has 1 saturated carbocycles. The molecule has 0 unspecified atom stereocenters. The maximum Gasteiger partial charge on any atom is 0.268 e. The van der Waals surface area contributed by atoms with Crippen LogP contribution in [0.4, 0.5) is 0 Å². The zero-order chi connectivity index (χ0) is 27.1. The Morgan fingerprint density at radius 3 is 2.47 bits per heavy atom. The van der Waals surface area contributed by atoms with E-state index in [2.05, 4.69) is 9.71 Å². The zero-order valence-electron chi connectivity index (χ0n) is 20.6. The highest BCUT2D eigenvalue weighted by Crippen LogP contribution is 2.33. The van der Waals surface area contributed by atoms with E-state index in [0.717, 1.165) is 22.2 Å². The lowest BCUT2D eigenvalue weighted by atomic mass is 9.79. The van der Waals surface area contributed by atoms with Crippen LogP contribution in [0.5, 0.6) is 5.75 Å². The van der Waals surface area contributed by atoms with Crippen molar-refractivity contribution < 1.29 is 33.1 Å². The lowest BCUT2D eigenvalue weighted by molar-refractivity contribution is -0.157. The first-order valence-electron chi connectivity index (χ1n) is 12.1. The van der Waals surface area contributed by atoms with E-state index in [9.17, 15) is 28.3 Å². The maximum absolute atomic E-state index is 13.1. The molecule has 3 aromatic rings. The second kappa shape index (κ2) is 9.95. The van der Waals surface area contributed by atoms with Crippen molar-refractivity contribution in [3.8, 4) is 5.75 Å². The zero-order valence-corrected chi connectivity index (χ0v) is 21.4. The molecule has 0 radical (unpaired) electrons. The number of likely N-dealkylation sites (tertiary alicyclic amines) is 1. The quantitative estimate of drug-likeness (QED) is 0.246. The SMILES string of the molecule is Cc1cc(COc2ccc(S(=O)(=O)NC3(C(=O)NO)CN(C(=O)[C@H]4C[C@H](O)C4)C3)cc2)c2ccccc2n1. The fourth-order valence-corrected chi connectivity index (χ4v) is 6.23. The third kappa shape index (κ3) is 4.95. The number of para-hydroxylation sites is 1. The fraction of sp³-hybridized carbons (Fsp3) is 0.346. The van der Waals surface area contributed by atoms with Crippen LogP contribution >= 0.6 is 0 Å². The van der Waals surface area contributed by atoms with Crippen molar-refractivity contribution in [2.75, 3.05) is 13.1 Å². The number of fused-ring (bicyclic) bond motifs is 1. The number of nitrogens with one attached hydrogen (secondary N) is 2. The van der Waals surface area contributed by atoms with Crippen molar-refractivity contribution >= 4 is 32.7 Å². The summed E-state index contributed by atoms with van der Waals surface area (Å²) in [6, 6.07) is 15.4. The van der Waals surface area contributed by atoms with Gasteiger partial charge in [0.1, 0.15) is 17.9 Å². The van der Waals surface area contributed by atoms with Crippen LogP contribution < -0.4 is 14.9 Å². The van der Waals surface area contributed by atoms with Gasteiger partial charge in [-0.25, -0.2) is 13.9 Å². The molecule has 0 bridgehead atoms. The number of pyridine rings is 1. The number of nitrogens with zero attached hydrogens (tertiary/aromatic N) is 2. The number of rotatable bonds is 8. The Balaban J connectivity index is 1.26. The fourth-order valence-electron chi connectivity index (χ4n) is 4.88. The lowest BCUT2D eigenvalue weighted by Crippen LogP contribution is -2.77. The van der Waals surface area contributed by atoms with E-state index in [1.807, 2.05) is 37.3 Å². The van der Waals surface area contributed by atoms with Gasteiger partial charge in [-0.2, -0.15) is 4.72 Å². The molecule has 2 amide bonds. The summed E-state index contributed by atoms with van der Waals surface area (Å²) in [5, 5.41) is 19.6. The van der Waals surface area contributed by atoms with Gasteiger partial charge in [-0.15, -0.1) is 0 Å². The first-order chi connectivity index (χ1) is 18.1. The van der Waals surface area contributed by atoms with Crippen LogP contribution in [-0.2, 0) is 26.2 Å². The Morgan fingerprint density at radius 1 is 1.13 bits per heavy atom. The Kier molecular flexibility index (Phi) is 6.82. The Morgan fingerprint density at radius 2 is 1.82 bits per heavy atom. The summed E-state index contributed by atoms with van der Waals surface area (Å²) < 4.78 is 34.4. The summed E-state index contributed by atoms with van der Waals surface area (Å²) in [6.45, 7) is 1.70. The minimum atomic E-state index is -4.19. The third-order valence-corrected chi connectivity index (χ3v) is 8.57. The number of aliphatic hydroxyl groups is 1. The normalized spacial score (nSPS) is 20.3. The minimum absolute atomic E-state index is 0.105. The van der Waals surface area contributed by atoms with E-state index in [0.29, 0.717) is 18.6 Å². The van der Waals surface area contributed by atoms with Crippen LogP contribution in [0, 0.1) is 12.8 Å². The van der Waals surface area contributed by atoms with Crippen molar-refractivity contribution in [2.24, 2.45) is 5.92 Å². The van der Waals surface area contributed by atoms with E-state index in [-0.39, 0.29) is 36.4 Å². The summed E-state index contributed by atoms with van der Waals surface area (Å²) in [4.78, 5) is 30.7. The van der Waals surface area contributed by atoms with E-state index >= 15 is 0 Å². The highest BCUT2D eigenvalue weighted by Gasteiger charge is 2.55. The van der Waals surface area contributed by atoms with Crippen molar-refractivity contribution in [2.45, 2.75) is 42.9 Å². The van der Waals surface area contributed by atoms with Gasteiger partial charge in [-0.3, -0.25) is 19.8 Å². The predicted octanol–water partition coefficient (Wildman–Crippen LogP) is 1.26. The summed E-state index contributed by atoms with van der Waals surface area (Å²) in [5.74, 6) is -1.11. The summed E-state index contributed by atoms with van der Waals surface area (Å²) >= 11 is 0. The smallest absolute Gasteiger partial charge is 0.268 e. The van der Waals surface area contributed by atoms with Gasteiger partial charge < -0.3 is 14.7 Å². The summed E-state index contributed by atoms with van der Waals surface area (Å²) in [7, 11) is -4.19. The average Bonchev–Trinajstić information content (AvgIpc) is 2.86. The highest BCUT2D eigenvalue weighted by atomic mass is 32.2. The Bertz CT molecular complexity index is 1480. The number of aliphatic hydroxyl groups excluding tert-OH is 1. The molecule has 2 aromatic carbocycles. The number of hydroxylamine groups is 1. The number of aromatic nitrogens is 1. The monoisotopic (exact) mass is 540 g/mol. The molecule has 5 rings (SSSR count). The van der Waals surface area contributed by atoms with Gasteiger partial charge in [0.15, 0.2) is 0 Å². The molecule has 1 saturated heterocycles. The van der Waals surface area contributed by atoms with Crippen LogP contribution in [0.3, 0.4) is 0 Å². The largest absolute Gasteiger partial charge is 0.489 e. The molecule has 1 aliphatic heterocycles. The van der Waals surface area contributed by atoms with Crippen molar-refractivity contribution in [3.05, 3.63) is 65.9 Å². The number of hydrogen-bond donors (Lipinski definition) is 4. The maximum atomic E-state index is 13.1. The summed E-state index contributed by atoms with van der Waals surface area (Å²) in [5.41, 5.74) is 2.46. The van der Waals surface area contributed by atoms with Crippen LogP contribution in [0.25, 0.3) is 10.9 Å². The summed E-state index contributed by atoms with van der Waals surface area (Å²) in [6.07, 6.45) is 0.159. The van der Waals surface area contributed by atoms with Crippen molar-refractivity contribution in [3.63, 3.8) is 0 Å². The molecule has 38 heavy (non-hydrogen) atoms. The number of benzene rings is 2.